The molecule has 0 amide bonds. The topological polar surface area (TPSA) is 134 Å². The lowest BCUT2D eigenvalue weighted by Gasteiger charge is -2.19. The van der Waals surface area contributed by atoms with Gasteiger partial charge in [-0.1, -0.05) is 316 Å². The molecule has 0 rings (SSSR count). The number of ether oxygens (including phenoxy) is 2. The number of hydrogen-bond donors (Lipinski definition) is 2. The van der Waals surface area contributed by atoms with Crippen molar-refractivity contribution in [3.05, 3.63) is 0 Å². The first-order valence-electron chi connectivity index (χ1n) is 31.0. The average molecular weight is 1010 g/mol. The zero-order valence-corrected chi connectivity index (χ0v) is 47.7. The van der Waals surface area contributed by atoms with E-state index in [1.807, 2.05) is 0 Å². The standard InChI is InChI=1S/C60H120NO8P/c1-3-5-7-9-11-13-15-17-19-20-21-22-23-24-25-26-27-28-29-30-31-32-33-34-35-36-37-39-41-43-45-47-49-51-53-60(63)69-58(57-68-70(64,65)67-55-54-61)56-66-59(62)52-50-48-46-44-42-40-38-18-16-14-12-10-8-6-4-2/h58H,3-57,61H2,1-2H3,(H,64,65). The Morgan fingerprint density at radius 1 is 0.371 bits per heavy atom. The normalized spacial score (nSPS) is 12.9. The number of unbranched alkanes of at least 4 members (excludes halogenated alkanes) is 47. The molecule has 418 valence electrons. The number of phosphoric ester groups is 1. The van der Waals surface area contributed by atoms with Crippen molar-refractivity contribution >= 4 is 19.8 Å². The fourth-order valence-electron chi connectivity index (χ4n) is 9.64. The van der Waals surface area contributed by atoms with Crippen LogP contribution in [0.15, 0.2) is 0 Å². The molecule has 10 heteroatoms. The highest BCUT2D eigenvalue weighted by atomic mass is 31.2. The molecular weight excluding hydrogens is 894 g/mol. The maximum Gasteiger partial charge on any atom is 0.472 e. The number of carbonyl (C=O) groups excluding carboxylic acids is 2. The molecule has 0 aliphatic rings. The fraction of sp³-hybridized carbons (Fsp3) is 0.967. The van der Waals surface area contributed by atoms with E-state index in [2.05, 4.69) is 13.8 Å². The van der Waals surface area contributed by atoms with Gasteiger partial charge in [0.05, 0.1) is 13.2 Å². The molecule has 0 bridgehead atoms. The molecule has 0 heterocycles. The Kier molecular flexibility index (Phi) is 56.5. The van der Waals surface area contributed by atoms with E-state index in [0.29, 0.717) is 6.42 Å². The van der Waals surface area contributed by atoms with Crippen molar-refractivity contribution < 1.29 is 37.6 Å². The van der Waals surface area contributed by atoms with Crippen LogP contribution in [-0.2, 0) is 32.7 Å². The first kappa shape index (κ1) is 69.0. The quantitative estimate of drug-likeness (QED) is 0.0347. The number of carbonyl (C=O) groups is 2. The summed E-state index contributed by atoms with van der Waals surface area (Å²) in [5.41, 5.74) is 5.38. The van der Waals surface area contributed by atoms with Crippen LogP contribution in [0.1, 0.15) is 341 Å². The Balaban J connectivity index is 3.77. The highest BCUT2D eigenvalue weighted by Crippen LogP contribution is 2.43. The maximum absolute atomic E-state index is 12.7. The molecule has 2 atom stereocenters. The van der Waals surface area contributed by atoms with Crippen molar-refractivity contribution in [2.75, 3.05) is 26.4 Å². The monoisotopic (exact) mass is 1010 g/mol. The summed E-state index contributed by atoms with van der Waals surface area (Å²) >= 11 is 0. The molecule has 0 aliphatic carbocycles. The van der Waals surface area contributed by atoms with E-state index in [0.717, 1.165) is 32.1 Å². The zero-order valence-electron chi connectivity index (χ0n) is 46.8. The van der Waals surface area contributed by atoms with Crippen LogP contribution in [0.5, 0.6) is 0 Å². The lowest BCUT2D eigenvalue weighted by atomic mass is 10.0. The highest BCUT2D eigenvalue weighted by Gasteiger charge is 2.26. The molecule has 0 saturated heterocycles. The van der Waals surface area contributed by atoms with Crippen molar-refractivity contribution in [1.29, 1.82) is 0 Å². The minimum Gasteiger partial charge on any atom is -0.462 e. The molecule has 0 aromatic heterocycles. The molecular formula is C60H120NO8P. The van der Waals surface area contributed by atoms with Crippen LogP contribution in [-0.4, -0.2) is 49.3 Å². The van der Waals surface area contributed by atoms with Crippen LogP contribution < -0.4 is 5.73 Å². The van der Waals surface area contributed by atoms with Crippen LogP contribution in [0, 0.1) is 0 Å². The Bertz CT molecular complexity index is 1110. The van der Waals surface area contributed by atoms with Gasteiger partial charge in [-0.25, -0.2) is 4.57 Å². The zero-order chi connectivity index (χ0) is 51.0. The van der Waals surface area contributed by atoms with Crippen LogP contribution in [0.3, 0.4) is 0 Å². The lowest BCUT2D eigenvalue weighted by Crippen LogP contribution is -2.29. The molecule has 0 aliphatic heterocycles. The number of phosphoric acid groups is 1. The second-order valence-corrected chi connectivity index (χ2v) is 22.8. The smallest absolute Gasteiger partial charge is 0.462 e. The van der Waals surface area contributed by atoms with Crippen LogP contribution in [0.2, 0.25) is 0 Å². The summed E-state index contributed by atoms with van der Waals surface area (Å²) in [5, 5.41) is 0. The SMILES string of the molecule is CCCCCCCCCCCCCCCCCCCCCCCCCCCCCCCCCCCCC(=O)OC(COC(=O)CCCCCCCCCCCCCCCCC)COP(=O)(O)OCCN. The van der Waals surface area contributed by atoms with Gasteiger partial charge in [-0.3, -0.25) is 18.6 Å². The minimum atomic E-state index is -4.38. The van der Waals surface area contributed by atoms with Gasteiger partial charge in [0.15, 0.2) is 6.10 Å². The highest BCUT2D eigenvalue weighted by molar-refractivity contribution is 7.47. The van der Waals surface area contributed by atoms with E-state index in [4.69, 9.17) is 24.3 Å². The Hall–Kier alpha value is -0.990. The van der Waals surface area contributed by atoms with Gasteiger partial charge < -0.3 is 20.1 Å². The van der Waals surface area contributed by atoms with E-state index < -0.39 is 26.5 Å². The minimum absolute atomic E-state index is 0.0585. The van der Waals surface area contributed by atoms with Gasteiger partial charge in [0.2, 0.25) is 0 Å². The molecule has 0 radical (unpaired) electrons. The third-order valence-electron chi connectivity index (χ3n) is 14.2. The number of hydrogen-bond acceptors (Lipinski definition) is 8. The lowest BCUT2D eigenvalue weighted by molar-refractivity contribution is -0.161. The Labute approximate surface area is 435 Å². The third-order valence-corrected chi connectivity index (χ3v) is 15.2. The van der Waals surface area contributed by atoms with Crippen molar-refractivity contribution in [2.45, 2.75) is 347 Å². The summed E-state index contributed by atoms with van der Waals surface area (Å²) in [6, 6.07) is 0. The fourth-order valence-corrected chi connectivity index (χ4v) is 10.4. The van der Waals surface area contributed by atoms with E-state index in [-0.39, 0.29) is 38.6 Å². The first-order chi connectivity index (χ1) is 34.3. The number of rotatable bonds is 60. The molecule has 0 aromatic carbocycles. The molecule has 0 spiro atoms. The van der Waals surface area contributed by atoms with Gasteiger partial charge in [-0.2, -0.15) is 0 Å². The van der Waals surface area contributed by atoms with E-state index in [9.17, 15) is 19.0 Å². The summed E-state index contributed by atoms with van der Waals surface area (Å²) in [6.07, 6.45) is 64.8. The Morgan fingerprint density at radius 3 is 0.871 bits per heavy atom. The molecule has 9 nitrogen and oxygen atoms in total. The molecule has 3 N–H and O–H groups in total. The second-order valence-electron chi connectivity index (χ2n) is 21.3. The van der Waals surface area contributed by atoms with Crippen molar-refractivity contribution in [1.82, 2.24) is 0 Å². The molecule has 2 unspecified atom stereocenters. The van der Waals surface area contributed by atoms with Crippen LogP contribution in [0.25, 0.3) is 0 Å². The summed E-state index contributed by atoms with van der Waals surface area (Å²) < 4.78 is 33.0. The van der Waals surface area contributed by atoms with Gasteiger partial charge in [-0.05, 0) is 12.8 Å². The average Bonchev–Trinajstić information content (AvgIpc) is 3.35. The van der Waals surface area contributed by atoms with Gasteiger partial charge in [0, 0.05) is 19.4 Å². The summed E-state index contributed by atoms with van der Waals surface area (Å²) in [4.78, 5) is 35.1. The van der Waals surface area contributed by atoms with E-state index in [1.54, 1.807) is 0 Å². The second kappa shape index (κ2) is 57.3. The summed E-state index contributed by atoms with van der Waals surface area (Å²) in [5.74, 6) is -0.803. The first-order valence-corrected chi connectivity index (χ1v) is 32.5. The number of esters is 2. The Morgan fingerprint density at radius 2 is 0.614 bits per heavy atom. The third kappa shape index (κ3) is 56.3. The van der Waals surface area contributed by atoms with E-state index in [1.165, 1.54) is 276 Å². The van der Waals surface area contributed by atoms with Crippen molar-refractivity contribution in [2.24, 2.45) is 5.73 Å². The predicted molar refractivity (Wildman–Crippen MR) is 298 cm³/mol. The van der Waals surface area contributed by atoms with Gasteiger partial charge in [0.25, 0.3) is 0 Å². The van der Waals surface area contributed by atoms with Crippen molar-refractivity contribution in [3.8, 4) is 0 Å². The van der Waals surface area contributed by atoms with E-state index >= 15 is 0 Å². The number of nitrogens with two attached hydrogens (primary N) is 1. The molecule has 0 fully saturated rings. The van der Waals surface area contributed by atoms with Crippen LogP contribution >= 0.6 is 7.82 Å². The molecule has 0 aromatic rings. The summed E-state index contributed by atoms with van der Waals surface area (Å²) in [6.45, 7) is 3.82. The van der Waals surface area contributed by atoms with Gasteiger partial charge in [-0.15, -0.1) is 0 Å². The molecule has 0 saturated carbocycles. The van der Waals surface area contributed by atoms with Gasteiger partial charge in [0.1, 0.15) is 6.61 Å². The largest absolute Gasteiger partial charge is 0.472 e. The molecule has 70 heavy (non-hydrogen) atoms. The summed E-state index contributed by atoms with van der Waals surface area (Å²) in [7, 11) is -4.38. The van der Waals surface area contributed by atoms with Crippen LogP contribution in [0.4, 0.5) is 0 Å². The van der Waals surface area contributed by atoms with Gasteiger partial charge >= 0.3 is 19.8 Å². The van der Waals surface area contributed by atoms with Crippen molar-refractivity contribution in [3.63, 3.8) is 0 Å². The predicted octanol–water partition coefficient (Wildman–Crippen LogP) is 19.5. The maximum atomic E-state index is 12.7.